The summed E-state index contributed by atoms with van der Waals surface area (Å²) in [6.07, 6.45) is 5.51. The summed E-state index contributed by atoms with van der Waals surface area (Å²) < 4.78 is 5.67. The molecule has 130 valence electrons. The number of aromatic nitrogens is 2. The van der Waals surface area contributed by atoms with Gasteiger partial charge in [-0.15, -0.1) is 11.3 Å². The molecule has 6 nitrogen and oxygen atoms in total. The highest BCUT2D eigenvalue weighted by atomic mass is 32.1. The molecule has 2 aromatic rings. The Morgan fingerprint density at radius 2 is 2.29 bits per heavy atom. The molecular formula is C17H24N4O2S. The van der Waals surface area contributed by atoms with Crippen molar-refractivity contribution in [3.8, 4) is 0 Å². The topological polar surface area (TPSA) is 62.5 Å². The number of carbonyl (C=O) groups is 1. The molecule has 1 aliphatic heterocycles. The number of likely N-dealkylation sites (tertiary alicyclic amines) is 1. The van der Waals surface area contributed by atoms with Gasteiger partial charge >= 0.3 is 0 Å². The molecule has 3 rings (SSSR count). The van der Waals surface area contributed by atoms with Crippen LogP contribution in [0.3, 0.4) is 0 Å². The van der Waals surface area contributed by atoms with E-state index in [1.165, 1.54) is 4.88 Å². The lowest BCUT2D eigenvalue weighted by molar-refractivity contribution is -0.132. The smallest absolute Gasteiger partial charge is 0.220 e. The second-order valence-electron chi connectivity index (χ2n) is 6.24. The summed E-state index contributed by atoms with van der Waals surface area (Å²) in [7, 11) is 0. The third-order valence-corrected chi connectivity index (χ3v) is 5.29. The first kappa shape index (κ1) is 17.1. The van der Waals surface area contributed by atoms with Crippen LogP contribution in [-0.2, 0) is 24.3 Å². The summed E-state index contributed by atoms with van der Waals surface area (Å²) in [5.74, 6) is 1.56. The molecule has 0 aromatic carbocycles. The van der Waals surface area contributed by atoms with Gasteiger partial charge < -0.3 is 9.32 Å². The van der Waals surface area contributed by atoms with Crippen molar-refractivity contribution < 1.29 is 9.21 Å². The Balaban J connectivity index is 1.61. The van der Waals surface area contributed by atoms with Crippen LogP contribution in [0.2, 0.25) is 0 Å². The maximum atomic E-state index is 12.1. The average Bonchev–Trinajstić information content (AvgIpc) is 3.26. The number of thiazole rings is 1. The predicted molar refractivity (Wildman–Crippen MR) is 92.6 cm³/mol. The lowest BCUT2D eigenvalue weighted by Gasteiger charge is -2.27. The van der Waals surface area contributed by atoms with Crippen molar-refractivity contribution in [2.75, 3.05) is 13.1 Å². The second-order valence-corrected chi connectivity index (χ2v) is 7.56. The first-order valence-electron chi connectivity index (χ1n) is 8.39. The zero-order chi connectivity index (χ0) is 17.1. The molecule has 0 bridgehead atoms. The number of nitrogens with zero attached hydrogens (tertiary/aromatic N) is 4. The Morgan fingerprint density at radius 3 is 2.92 bits per heavy atom. The summed E-state index contributed by atoms with van der Waals surface area (Å²) in [4.78, 5) is 26.3. The highest BCUT2D eigenvalue weighted by molar-refractivity contribution is 7.11. The Morgan fingerprint density at radius 1 is 1.46 bits per heavy atom. The van der Waals surface area contributed by atoms with Gasteiger partial charge in [0.25, 0.3) is 0 Å². The fourth-order valence-corrected chi connectivity index (χ4v) is 3.97. The third kappa shape index (κ3) is 4.02. The van der Waals surface area contributed by atoms with Crippen molar-refractivity contribution in [1.82, 2.24) is 19.8 Å². The van der Waals surface area contributed by atoms with E-state index in [4.69, 9.17) is 4.42 Å². The molecule has 1 fully saturated rings. The van der Waals surface area contributed by atoms with E-state index >= 15 is 0 Å². The van der Waals surface area contributed by atoms with Crippen molar-refractivity contribution >= 4 is 17.2 Å². The molecule has 1 saturated heterocycles. The maximum absolute atomic E-state index is 12.1. The molecule has 1 aliphatic rings. The maximum Gasteiger partial charge on any atom is 0.220 e. The summed E-state index contributed by atoms with van der Waals surface area (Å²) in [5.41, 5.74) is 0. The Kier molecular flexibility index (Phi) is 5.30. The first-order valence-corrected chi connectivity index (χ1v) is 9.21. The molecule has 0 saturated carbocycles. The molecular weight excluding hydrogens is 324 g/mol. The molecule has 2 aromatic heterocycles. The summed E-state index contributed by atoms with van der Waals surface area (Å²) in [6.45, 7) is 8.93. The van der Waals surface area contributed by atoms with Crippen LogP contribution in [-0.4, -0.2) is 44.8 Å². The van der Waals surface area contributed by atoms with Gasteiger partial charge in [0.2, 0.25) is 11.8 Å². The molecule has 0 spiro atoms. The molecule has 1 atom stereocenters. The fraction of sp³-hybridized carbons (Fsp3) is 0.588. The largest absolute Gasteiger partial charge is 0.444 e. The molecule has 0 N–H and O–H groups in total. The van der Waals surface area contributed by atoms with Crippen molar-refractivity contribution in [2.45, 2.75) is 52.7 Å². The average molecular weight is 348 g/mol. The van der Waals surface area contributed by atoms with Crippen LogP contribution >= 0.6 is 11.3 Å². The van der Waals surface area contributed by atoms with E-state index in [1.54, 1.807) is 24.5 Å². The summed E-state index contributed by atoms with van der Waals surface area (Å²) in [5, 5.41) is 1.10. The summed E-state index contributed by atoms with van der Waals surface area (Å²) in [6, 6.07) is 0.216. The SMILES string of the molecule is CCc1cnc(CN(C(C)=O)[C@@H]2CCN(Cc3cnc(C)s3)C2)o1. The van der Waals surface area contributed by atoms with Crippen LogP contribution in [0.5, 0.6) is 0 Å². The first-order chi connectivity index (χ1) is 11.5. The highest BCUT2D eigenvalue weighted by Gasteiger charge is 2.30. The molecule has 7 heteroatoms. The minimum Gasteiger partial charge on any atom is -0.444 e. The monoisotopic (exact) mass is 348 g/mol. The van der Waals surface area contributed by atoms with E-state index in [0.717, 1.165) is 43.2 Å². The molecule has 0 radical (unpaired) electrons. The number of hydrogen-bond acceptors (Lipinski definition) is 6. The Bertz CT molecular complexity index is 696. The highest BCUT2D eigenvalue weighted by Crippen LogP contribution is 2.22. The van der Waals surface area contributed by atoms with Crippen LogP contribution < -0.4 is 0 Å². The van der Waals surface area contributed by atoms with Gasteiger partial charge in [-0.05, 0) is 13.3 Å². The number of hydrogen-bond donors (Lipinski definition) is 0. The Labute approximate surface area is 146 Å². The number of carbonyl (C=O) groups excluding carboxylic acids is 1. The third-order valence-electron chi connectivity index (χ3n) is 4.40. The van der Waals surface area contributed by atoms with Crippen LogP contribution in [0.25, 0.3) is 0 Å². The summed E-state index contributed by atoms with van der Waals surface area (Å²) >= 11 is 1.74. The number of oxazole rings is 1. The Hall–Kier alpha value is -1.73. The van der Waals surface area contributed by atoms with E-state index in [0.29, 0.717) is 12.4 Å². The zero-order valence-corrected chi connectivity index (χ0v) is 15.3. The lowest BCUT2D eigenvalue weighted by atomic mass is 10.2. The predicted octanol–water partition coefficient (Wildman–Crippen LogP) is 2.62. The standard InChI is InChI=1S/C17H24N4O2S/c1-4-15-7-19-17(23-15)11-21(13(3)22)14-5-6-20(9-14)10-16-8-18-12(2)24-16/h7-8,14H,4-6,9-11H2,1-3H3/t14-/m1/s1. The van der Waals surface area contributed by atoms with Crippen molar-refractivity contribution in [2.24, 2.45) is 0 Å². The van der Waals surface area contributed by atoms with E-state index in [9.17, 15) is 4.79 Å². The van der Waals surface area contributed by atoms with Gasteiger partial charge in [-0.25, -0.2) is 9.97 Å². The van der Waals surface area contributed by atoms with Crippen molar-refractivity contribution in [1.29, 1.82) is 0 Å². The van der Waals surface area contributed by atoms with Gasteiger partial charge in [0.05, 0.1) is 17.7 Å². The van der Waals surface area contributed by atoms with Crippen LogP contribution in [0.15, 0.2) is 16.8 Å². The zero-order valence-electron chi connectivity index (χ0n) is 14.5. The van der Waals surface area contributed by atoms with E-state index in [-0.39, 0.29) is 11.9 Å². The van der Waals surface area contributed by atoms with Crippen LogP contribution in [0.1, 0.15) is 41.8 Å². The normalized spacial score (nSPS) is 18.2. The molecule has 3 heterocycles. The van der Waals surface area contributed by atoms with E-state index in [1.807, 2.05) is 24.9 Å². The van der Waals surface area contributed by atoms with Gasteiger partial charge in [0.1, 0.15) is 5.76 Å². The van der Waals surface area contributed by atoms with E-state index in [2.05, 4.69) is 14.9 Å². The minimum absolute atomic E-state index is 0.0757. The molecule has 0 aliphatic carbocycles. The number of amides is 1. The van der Waals surface area contributed by atoms with Crippen molar-refractivity contribution in [3.05, 3.63) is 33.9 Å². The number of aryl methyl sites for hydroxylation is 2. The van der Waals surface area contributed by atoms with Crippen molar-refractivity contribution in [3.63, 3.8) is 0 Å². The van der Waals surface area contributed by atoms with Gasteiger partial charge in [-0.2, -0.15) is 0 Å². The van der Waals surface area contributed by atoms with Gasteiger partial charge in [-0.1, -0.05) is 6.92 Å². The van der Waals surface area contributed by atoms with Gasteiger partial charge in [0.15, 0.2) is 0 Å². The minimum atomic E-state index is 0.0757. The lowest BCUT2D eigenvalue weighted by Crippen LogP contribution is -2.40. The number of rotatable bonds is 6. The molecule has 1 amide bonds. The van der Waals surface area contributed by atoms with Gasteiger partial charge in [0, 0.05) is 50.1 Å². The molecule has 24 heavy (non-hydrogen) atoms. The van der Waals surface area contributed by atoms with Gasteiger partial charge in [-0.3, -0.25) is 9.69 Å². The van der Waals surface area contributed by atoms with Crippen LogP contribution in [0, 0.1) is 6.92 Å². The van der Waals surface area contributed by atoms with Crippen LogP contribution in [0.4, 0.5) is 0 Å². The quantitative estimate of drug-likeness (QED) is 0.803. The molecule has 0 unspecified atom stereocenters. The second kappa shape index (κ2) is 7.44. The van der Waals surface area contributed by atoms with E-state index < -0.39 is 0 Å². The fourth-order valence-electron chi connectivity index (χ4n) is 3.14.